The third-order valence-corrected chi connectivity index (χ3v) is 6.25. The predicted molar refractivity (Wildman–Crippen MR) is 131 cm³/mol. The quantitative estimate of drug-likeness (QED) is 0.308. The number of para-hydroxylation sites is 1. The third kappa shape index (κ3) is 4.58. The minimum atomic E-state index is -0.340. The number of carbonyl (C=O) groups is 1. The molecule has 0 bridgehead atoms. The molecule has 4 aromatic rings. The molecule has 1 N–H and O–H groups in total. The van der Waals surface area contributed by atoms with Gasteiger partial charge in [0.15, 0.2) is 11.0 Å². The Morgan fingerprint density at radius 2 is 1.85 bits per heavy atom. The molecule has 2 aromatic heterocycles. The number of nitrogens with zero attached hydrogens (tertiary/aromatic N) is 5. The fourth-order valence-corrected chi connectivity index (χ4v) is 4.27. The summed E-state index contributed by atoms with van der Waals surface area (Å²) in [6.07, 6.45) is 1.69. The number of amides is 1. The summed E-state index contributed by atoms with van der Waals surface area (Å²) in [4.78, 5) is 25.7. The molecule has 4 rings (SSSR count). The van der Waals surface area contributed by atoms with Gasteiger partial charge in [-0.3, -0.25) is 18.8 Å². The molecule has 0 spiro atoms. The van der Waals surface area contributed by atoms with Crippen molar-refractivity contribution in [1.29, 1.82) is 0 Å². The summed E-state index contributed by atoms with van der Waals surface area (Å²) in [5.74, 6) is -0.107. The smallest absolute Gasteiger partial charge is 0.295 e. The molecule has 0 radical (unpaired) electrons. The number of rotatable bonds is 8. The summed E-state index contributed by atoms with van der Waals surface area (Å²) in [7, 11) is 1.77. The Morgan fingerprint density at radius 1 is 1.15 bits per heavy atom. The van der Waals surface area contributed by atoms with Crippen LogP contribution in [0.25, 0.3) is 17.1 Å². The summed E-state index contributed by atoms with van der Waals surface area (Å²) in [6.45, 7) is 5.96. The molecule has 2 aromatic carbocycles. The van der Waals surface area contributed by atoms with Crippen molar-refractivity contribution in [1.82, 2.24) is 24.1 Å². The molecule has 1 amide bonds. The lowest BCUT2D eigenvalue weighted by molar-refractivity contribution is -0.113. The van der Waals surface area contributed by atoms with Crippen LogP contribution in [0, 0.1) is 12.7 Å². The first kappa shape index (κ1) is 23.2. The van der Waals surface area contributed by atoms with Gasteiger partial charge in [0.2, 0.25) is 5.91 Å². The highest BCUT2D eigenvalue weighted by Crippen LogP contribution is 2.24. The van der Waals surface area contributed by atoms with E-state index in [4.69, 9.17) is 0 Å². The lowest BCUT2D eigenvalue weighted by Crippen LogP contribution is -2.23. The molecule has 0 atom stereocenters. The second kappa shape index (κ2) is 9.92. The summed E-state index contributed by atoms with van der Waals surface area (Å²) in [5, 5.41) is 11.7. The van der Waals surface area contributed by atoms with Crippen molar-refractivity contribution in [2.75, 3.05) is 11.1 Å². The van der Waals surface area contributed by atoms with Gasteiger partial charge in [0, 0.05) is 19.2 Å². The number of thioether (sulfide) groups is 1. The number of benzene rings is 2. The fraction of sp³-hybridized carbons (Fsp3) is 0.167. The van der Waals surface area contributed by atoms with Gasteiger partial charge < -0.3 is 5.32 Å². The first-order chi connectivity index (χ1) is 16.4. The van der Waals surface area contributed by atoms with Crippen LogP contribution in [0.3, 0.4) is 0 Å². The van der Waals surface area contributed by atoms with Gasteiger partial charge in [0.1, 0.15) is 11.5 Å². The molecular formula is C24H23FN6O2S. The summed E-state index contributed by atoms with van der Waals surface area (Å²) in [6, 6.07) is 15.2. The Morgan fingerprint density at radius 3 is 2.53 bits per heavy atom. The zero-order valence-electron chi connectivity index (χ0n) is 18.7. The Labute approximate surface area is 199 Å². The zero-order chi connectivity index (χ0) is 24.2. The Balaban J connectivity index is 1.52. The number of anilines is 1. The van der Waals surface area contributed by atoms with E-state index in [1.165, 1.54) is 28.6 Å². The van der Waals surface area contributed by atoms with E-state index in [0.717, 1.165) is 0 Å². The van der Waals surface area contributed by atoms with Crippen LogP contribution in [0.1, 0.15) is 5.69 Å². The normalized spacial score (nSPS) is 10.9. The molecule has 0 saturated heterocycles. The molecule has 0 fully saturated rings. The van der Waals surface area contributed by atoms with Crippen LogP contribution in [-0.2, 0) is 18.4 Å². The molecule has 10 heteroatoms. The van der Waals surface area contributed by atoms with Crippen LogP contribution in [0.4, 0.5) is 10.1 Å². The van der Waals surface area contributed by atoms with E-state index in [9.17, 15) is 14.0 Å². The largest absolute Gasteiger partial charge is 0.319 e. The van der Waals surface area contributed by atoms with E-state index in [1.54, 1.807) is 41.4 Å². The molecule has 0 aliphatic carbocycles. The fourth-order valence-electron chi connectivity index (χ4n) is 3.52. The third-order valence-electron chi connectivity index (χ3n) is 5.28. The van der Waals surface area contributed by atoms with Crippen LogP contribution in [0.5, 0.6) is 0 Å². The average Bonchev–Trinajstić information content (AvgIpc) is 3.33. The highest BCUT2D eigenvalue weighted by molar-refractivity contribution is 7.99. The summed E-state index contributed by atoms with van der Waals surface area (Å²) in [5.41, 5.74) is 1.97. The van der Waals surface area contributed by atoms with Crippen molar-refractivity contribution in [3.63, 3.8) is 0 Å². The Hall–Kier alpha value is -3.92. The second-order valence-electron chi connectivity index (χ2n) is 7.49. The van der Waals surface area contributed by atoms with Crippen molar-refractivity contribution >= 4 is 23.4 Å². The van der Waals surface area contributed by atoms with Crippen molar-refractivity contribution in [3.05, 3.63) is 89.1 Å². The first-order valence-electron chi connectivity index (χ1n) is 10.5. The van der Waals surface area contributed by atoms with E-state index < -0.39 is 0 Å². The molecule has 0 aliphatic heterocycles. The van der Waals surface area contributed by atoms with Gasteiger partial charge in [0.05, 0.1) is 17.1 Å². The van der Waals surface area contributed by atoms with Crippen LogP contribution >= 0.6 is 11.8 Å². The maximum Gasteiger partial charge on any atom is 0.295 e. The van der Waals surface area contributed by atoms with Gasteiger partial charge in [-0.2, -0.15) is 0 Å². The molecule has 2 heterocycles. The highest BCUT2D eigenvalue weighted by atomic mass is 32.2. The van der Waals surface area contributed by atoms with Gasteiger partial charge in [0.25, 0.3) is 5.56 Å². The molecular weight excluding hydrogens is 455 g/mol. The SMILES string of the molecule is C=CCn1c(SCC(=O)Nc2c(C)n(C)n(-c3ccccc3)c2=O)nnc1-c1ccc(F)cc1. The minimum absolute atomic E-state index is 0.0256. The predicted octanol–water partition coefficient (Wildman–Crippen LogP) is 3.80. The number of carbonyl (C=O) groups excluding carboxylic acids is 1. The van der Waals surface area contributed by atoms with Crippen LogP contribution in [0.2, 0.25) is 0 Å². The Kier molecular flexibility index (Phi) is 6.78. The number of allylic oxidation sites excluding steroid dienone is 1. The second-order valence-corrected chi connectivity index (χ2v) is 8.43. The molecule has 8 nitrogen and oxygen atoms in total. The number of halogens is 1. The molecule has 0 aliphatic rings. The van der Waals surface area contributed by atoms with E-state index in [-0.39, 0.29) is 28.7 Å². The van der Waals surface area contributed by atoms with Crippen molar-refractivity contribution in [2.45, 2.75) is 18.6 Å². The van der Waals surface area contributed by atoms with E-state index in [1.807, 2.05) is 30.3 Å². The monoisotopic (exact) mass is 478 g/mol. The average molecular weight is 479 g/mol. The van der Waals surface area contributed by atoms with E-state index >= 15 is 0 Å². The maximum atomic E-state index is 13.3. The number of hydrogen-bond acceptors (Lipinski definition) is 5. The topological polar surface area (TPSA) is 86.7 Å². The van der Waals surface area contributed by atoms with Gasteiger partial charge >= 0.3 is 0 Å². The molecule has 34 heavy (non-hydrogen) atoms. The molecule has 0 unspecified atom stereocenters. The number of nitrogens with one attached hydrogen (secondary N) is 1. The van der Waals surface area contributed by atoms with Crippen molar-refractivity contribution in [3.8, 4) is 17.1 Å². The van der Waals surface area contributed by atoms with E-state index in [0.29, 0.717) is 34.5 Å². The lowest BCUT2D eigenvalue weighted by atomic mass is 10.2. The summed E-state index contributed by atoms with van der Waals surface area (Å²) < 4.78 is 18.3. The molecule has 174 valence electrons. The van der Waals surface area contributed by atoms with Gasteiger partial charge in [-0.25, -0.2) is 9.07 Å². The Bertz CT molecular complexity index is 1390. The zero-order valence-corrected chi connectivity index (χ0v) is 19.6. The van der Waals surface area contributed by atoms with Gasteiger partial charge in [-0.1, -0.05) is 36.0 Å². The van der Waals surface area contributed by atoms with Crippen LogP contribution < -0.4 is 10.9 Å². The highest BCUT2D eigenvalue weighted by Gasteiger charge is 2.19. The van der Waals surface area contributed by atoms with E-state index in [2.05, 4.69) is 22.1 Å². The first-order valence-corrected chi connectivity index (χ1v) is 11.5. The van der Waals surface area contributed by atoms with Crippen molar-refractivity contribution in [2.24, 2.45) is 7.05 Å². The van der Waals surface area contributed by atoms with Gasteiger partial charge in [-0.15, -0.1) is 16.8 Å². The number of hydrogen-bond donors (Lipinski definition) is 1. The maximum absolute atomic E-state index is 13.3. The van der Waals surface area contributed by atoms with Crippen LogP contribution in [-0.4, -0.2) is 35.8 Å². The van der Waals surface area contributed by atoms with Gasteiger partial charge in [-0.05, 0) is 43.3 Å². The minimum Gasteiger partial charge on any atom is -0.319 e. The molecule has 0 saturated carbocycles. The van der Waals surface area contributed by atoms with Crippen molar-refractivity contribution < 1.29 is 9.18 Å². The summed E-state index contributed by atoms with van der Waals surface area (Å²) >= 11 is 1.19. The standard InChI is InChI=1S/C24H23FN6O2S/c1-4-14-30-22(17-10-12-18(25)13-11-17)27-28-24(30)34-15-20(32)26-21-16(2)29(3)31(23(21)33)19-8-6-5-7-9-19/h4-13H,1,14-15H2,2-3H3,(H,26,32). The van der Waals surface area contributed by atoms with Crippen LogP contribution in [0.15, 0.2) is 77.2 Å². The number of aromatic nitrogens is 5. The lowest BCUT2D eigenvalue weighted by Gasteiger charge is -2.08.